The lowest BCUT2D eigenvalue weighted by Gasteiger charge is -2.19. The van der Waals surface area contributed by atoms with E-state index in [1.54, 1.807) is 11.3 Å². The number of anilines is 1. The molecule has 1 aliphatic heterocycles. The molecule has 0 fully saturated rings. The van der Waals surface area contributed by atoms with Gasteiger partial charge >= 0.3 is 0 Å². The molecule has 0 unspecified atom stereocenters. The van der Waals surface area contributed by atoms with Crippen LogP contribution in [0.1, 0.15) is 42.8 Å². The largest absolute Gasteiger partial charge is 0.748 e. The smallest absolute Gasteiger partial charge is 0.263 e. The Labute approximate surface area is 240 Å². The minimum Gasteiger partial charge on any atom is -0.748 e. The molecule has 6 nitrogen and oxygen atoms in total. The van der Waals surface area contributed by atoms with Crippen LogP contribution in [0.15, 0.2) is 78.2 Å². The lowest BCUT2D eigenvalue weighted by atomic mass is 10.0. The molecule has 1 aliphatic rings. The van der Waals surface area contributed by atoms with Crippen LogP contribution in [0.2, 0.25) is 0 Å². The average molecular weight is 575 g/mol. The summed E-state index contributed by atoms with van der Waals surface area (Å²) in [6.07, 6.45) is 5.25. The highest BCUT2D eigenvalue weighted by atomic mass is 32.2. The summed E-state index contributed by atoms with van der Waals surface area (Å²) in [4.78, 5) is 1.99. The first-order valence-corrected chi connectivity index (χ1v) is 16.0. The summed E-state index contributed by atoms with van der Waals surface area (Å²) in [6.45, 7) is 9.79. The number of aryl methyl sites for hydroxylation is 3. The van der Waals surface area contributed by atoms with E-state index in [9.17, 15) is 13.0 Å². The normalized spacial score (nSPS) is 14.7. The highest BCUT2D eigenvalue weighted by Crippen LogP contribution is 2.42. The van der Waals surface area contributed by atoms with Gasteiger partial charge in [0.2, 0.25) is 11.4 Å². The van der Waals surface area contributed by atoms with E-state index in [4.69, 9.17) is 4.74 Å². The molecule has 0 bridgehead atoms. The van der Waals surface area contributed by atoms with Crippen LogP contribution >= 0.6 is 11.3 Å². The van der Waals surface area contributed by atoms with Gasteiger partial charge in [-0.2, -0.15) is 4.57 Å². The van der Waals surface area contributed by atoms with E-state index in [-0.39, 0.29) is 6.42 Å². The van der Waals surface area contributed by atoms with Crippen LogP contribution in [0.3, 0.4) is 0 Å². The Hall–Kier alpha value is -3.46. The van der Waals surface area contributed by atoms with Gasteiger partial charge in [-0.05, 0) is 79.6 Å². The second-order valence-corrected chi connectivity index (χ2v) is 12.6. The molecule has 208 valence electrons. The number of ether oxygens (including phenoxy) is 1. The molecule has 2 heterocycles. The molecule has 8 heteroatoms. The number of hydrogen-bond acceptors (Lipinski definition) is 6. The molecule has 0 saturated heterocycles. The van der Waals surface area contributed by atoms with Crippen LogP contribution in [-0.4, -0.2) is 25.3 Å². The molecule has 40 heavy (non-hydrogen) atoms. The molecule has 3 aromatic carbocycles. The third kappa shape index (κ3) is 5.99. The molecule has 0 radical (unpaired) electrons. The summed E-state index contributed by atoms with van der Waals surface area (Å²) in [5.41, 5.74) is 7.88. The third-order valence-corrected chi connectivity index (χ3v) is 9.19. The van der Waals surface area contributed by atoms with Crippen molar-refractivity contribution in [2.75, 3.05) is 17.2 Å². The second-order valence-electron chi connectivity index (χ2n) is 10.1. The van der Waals surface area contributed by atoms with Gasteiger partial charge < -0.3 is 14.2 Å². The first-order valence-electron chi connectivity index (χ1n) is 13.6. The summed E-state index contributed by atoms with van der Waals surface area (Å²) in [6, 6.07) is 20.7. The van der Waals surface area contributed by atoms with Gasteiger partial charge in [-0.3, -0.25) is 0 Å². The zero-order valence-corrected chi connectivity index (χ0v) is 24.9. The van der Waals surface area contributed by atoms with Crippen molar-refractivity contribution in [2.24, 2.45) is 0 Å². The van der Waals surface area contributed by atoms with Gasteiger partial charge in [-0.15, -0.1) is 0 Å². The van der Waals surface area contributed by atoms with Gasteiger partial charge in [0.05, 0.1) is 15.8 Å². The number of benzene rings is 3. The number of nitrogens with zero attached hydrogens (tertiary/aromatic N) is 2. The van der Waals surface area contributed by atoms with Crippen LogP contribution in [0.5, 0.6) is 5.75 Å². The second kappa shape index (κ2) is 11.6. The summed E-state index contributed by atoms with van der Waals surface area (Å²) >= 11 is 1.78. The minimum atomic E-state index is -4.31. The molecule has 0 atom stereocenters. The fourth-order valence-electron chi connectivity index (χ4n) is 5.00. The van der Waals surface area contributed by atoms with Crippen molar-refractivity contribution in [2.45, 2.75) is 47.1 Å². The van der Waals surface area contributed by atoms with E-state index in [0.717, 1.165) is 35.4 Å². The van der Waals surface area contributed by atoms with E-state index in [1.807, 2.05) is 41.3 Å². The summed E-state index contributed by atoms with van der Waals surface area (Å²) in [5, 5.41) is 1.17. The topological polar surface area (TPSA) is 73.5 Å². The van der Waals surface area contributed by atoms with E-state index in [0.29, 0.717) is 18.2 Å². The van der Waals surface area contributed by atoms with E-state index < -0.39 is 15.9 Å². The third-order valence-electron chi connectivity index (χ3n) is 7.30. The quantitative estimate of drug-likeness (QED) is 0.160. The molecule has 5 rings (SSSR count). The molecule has 4 aromatic rings. The zero-order valence-electron chi connectivity index (χ0n) is 23.3. The Balaban J connectivity index is 1.54. The van der Waals surface area contributed by atoms with Crippen molar-refractivity contribution >= 4 is 43.4 Å². The maximum absolute atomic E-state index is 11.3. The summed E-state index contributed by atoms with van der Waals surface area (Å²) in [7, 11) is -4.31. The van der Waals surface area contributed by atoms with Crippen molar-refractivity contribution in [3.8, 4) is 16.9 Å². The van der Waals surface area contributed by atoms with E-state index in [1.165, 1.54) is 26.4 Å². The zero-order chi connectivity index (χ0) is 28.4. The molecule has 0 amide bonds. The molecule has 0 aliphatic carbocycles. The van der Waals surface area contributed by atoms with Crippen LogP contribution in [0.25, 0.3) is 27.4 Å². The lowest BCUT2D eigenvalue weighted by Crippen LogP contribution is -2.33. The highest BCUT2D eigenvalue weighted by Gasteiger charge is 2.27. The Bertz CT molecular complexity index is 1720. The number of rotatable bonds is 9. The standard InChI is InChI=1S/C32H34N2O4S2/c1-5-24(20-32-33(6-2)28-17-22(3)23(4)18-30(28)39-32)19-31-34(15-10-16-40(35,36)37)27-21-26(13-14-29(27)38-31)25-11-8-7-9-12-25/h7-9,11-14,17-21H,5-6,10,15-16H2,1-4H3. The Kier molecular flexibility index (Phi) is 8.12. The Morgan fingerprint density at radius 2 is 1.77 bits per heavy atom. The van der Waals surface area contributed by atoms with Gasteiger partial charge in [0.15, 0.2) is 5.75 Å². The van der Waals surface area contributed by atoms with Crippen molar-refractivity contribution in [1.82, 2.24) is 0 Å². The lowest BCUT2D eigenvalue weighted by molar-refractivity contribution is -0.665. The first kappa shape index (κ1) is 28.1. The maximum Gasteiger partial charge on any atom is 0.263 e. The Morgan fingerprint density at radius 3 is 2.48 bits per heavy atom. The molecular weight excluding hydrogens is 540 g/mol. The predicted octanol–water partition coefficient (Wildman–Crippen LogP) is 6.96. The van der Waals surface area contributed by atoms with Gasteiger partial charge in [0, 0.05) is 30.5 Å². The van der Waals surface area contributed by atoms with Crippen molar-refractivity contribution < 1.29 is 22.3 Å². The summed E-state index contributed by atoms with van der Waals surface area (Å²) < 4.78 is 44.0. The van der Waals surface area contributed by atoms with Gasteiger partial charge in [-0.25, -0.2) is 8.42 Å². The average Bonchev–Trinajstić information content (AvgIpc) is 3.44. The molecule has 0 N–H and O–H groups in total. The Morgan fingerprint density at radius 1 is 1.02 bits per heavy atom. The molecule has 0 spiro atoms. The number of thiazole rings is 1. The van der Waals surface area contributed by atoms with Gasteiger partial charge in [0.1, 0.15) is 11.2 Å². The number of aromatic nitrogens is 1. The first-order chi connectivity index (χ1) is 19.2. The van der Waals surface area contributed by atoms with E-state index in [2.05, 4.69) is 68.7 Å². The molecule has 0 saturated carbocycles. The number of allylic oxidation sites excluding steroid dienone is 2. The van der Waals surface area contributed by atoms with Crippen LogP contribution in [0, 0.1) is 13.8 Å². The number of hydrogen-bond donors (Lipinski definition) is 0. The van der Waals surface area contributed by atoms with Crippen LogP contribution < -0.4 is 14.2 Å². The fourth-order valence-corrected chi connectivity index (χ4v) is 6.76. The molecular formula is C32H34N2O4S2. The fraction of sp³-hybridized carbons (Fsp3) is 0.281. The monoisotopic (exact) mass is 574 g/mol. The highest BCUT2D eigenvalue weighted by molar-refractivity contribution is 7.85. The predicted molar refractivity (Wildman–Crippen MR) is 163 cm³/mol. The van der Waals surface area contributed by atoms with Crippen LogP contribution in [-0.2, 0) is 16.7 Å². The van der Waals surface area contributed by atoms with Crippen LogP contribution in [0.4, 0.5) is 5.69 Å². The van der Waals surface area contributed by atoms with Crippen molar-refractivity contribution in [3.05, 3.63) is 94.3 Å². The van der Waals surface area contributed by atoms with E-state index >= 15 is 0 Å². The van der Waals surface area contributed by atoms with Crippen molar-refractivity contribution in [3.63, 3.8) is 0 Å². The number of fused-ring (bicyclic) bond motifs is 2. The minimum absolute atomic E-state index is 0.206. The molecule has 1 aromatic heterocycles. The van der Waals surface area contributed by atoms with Gasteiger partial charge in [-0.1, -0.05) is 54.7 Å². The maximum atomic E-state index is 11.3. The van der Waals surface area contributed by atoms with Crippen molar-refractivity contribution in [1.29, 1.82) is 0 Å². The van der Waals surface area contributed by atoms with Gasteiger partial charge in [0.25, 0.3) is 5.01 Å². The summed E-state index contributed by atoms with van der Waals surface area (Å²) in [5.74, 6) is 0.924. The SMILES string of the molecule is CCC(=Cc1sc2cc(C)c(C)cc2[n+]1CC)C=C1Oc2ccc(-c3ccccc3)cc2N1CCCS(=O)(=O)[O-].